The summed E-state index contributed by atoms with van der Waals surface area (Å²) < 4.78 is 1.19. The molecular formula is C10H13BrN2. The summed E-state index contributed by atoms with van der Waals surface area (Å²) in [5.41, 5.74) is 9.47. The van der Waals surface area contributed by atoms with E-state index in [-0.39, 0.29) is 0 Å². The zero-order chi connectivity index (χ0) is 9.42. The first-order valence-electron chi connectivity index (χ1n) is 4.50. The lowest BCUT2D eigenvalue weighted by atomic mass is 9.94. The Morgan fingerprint density at radius 1 is 1.54 bits per heavy atom. The van der Waals surface area contributed by atoms with Crippen LogP contribution in [0.1, 0.15) is 24.1 Å². The van der Waals surface area contributed by atoms with Crippen molar-refractivity contribution >= 4 is 21.6 Å². The van der Waals surface area contributed by atoms with E-state index in [1.165, 1.54) is 15.6 Å². The number of nitrogen functional groups attached to an aromatic ring is 1. The predicted molar refractivity (Wildman–Crippen MR) is 58.7 cm³/mol. The molecule has 1 unspecified atom stereocenters. The van der Waals surface area contributed by atoms with Gasteiger partial charge in [0.1, 0.15) is 0 Å². The summed E-state index contributed by atoms with van der Waals surface area (Å²) in [5, 5.41) is 3.41. The highest BCUT2D eigenvalue weighted by atomic mass is 79.9. The number of halogens is 1. The normalized spacial score (nSPS) is 21.2. The summed E-state index contributed by atoms with van der Waals surface area (Å²) in [6, 6.07) is 4.37. The molecule has 0 fully saturated rings. The molecule has 2 nitrogen and oxygen atoms in total. The van der Waals surface area contributed by atoms with Gasteiger partial charge in [0, 0.05) is 16.2 Å². The molecule has 1 aliphatic rings. The first-order valence-corrected chi connectivity index (χ1v) is 5.29. The van der Waals surface area contributed by atoms with E-state index < -0.39 is 0 Å². The lowest BCUT2D eigenvalue weighted by molar-refractivity contribution is 0.541. The topological polar surface area (TPSA) is 38.0 Å². The molecule has 0 amide bonds. The fraction of sp³-hybridized carbons (Fsp3) is 0.400. The second-order valence-electron chi connectivity index (χ2n) is 3.45. The fourth-order valence-electron chi connectivity index (χ4n) is 1.94. The van der Waals surface area contributed by atoms with Crippen LogP contribution in [-0.4, -0.2) is 6.54 Å². The molecule has 70 valence electrons. The fourth-order valence-corrected chi connectivity index (χ4v) is 2.48. The third-order valence-electron chi connectivity index (χ3n) is 2.59. The third-order valence-corrected chi connectivity index (χ3v) is 3.34. The number of benzene rings is 1. The van der Waals surface area contributed by atoms with E-state index in [1.54, 1.807) is 0 Å². The van der Waals surface area contributed by atoms with Crippen molar-refractivity contribution in [1.82, 2.24) is 5.32 Å². The molecule has 0 bridgehead atoms. The van der Waals surface area contributed by atoms with Gasteiger partial charge in [0.05, 0.1) is 0 Å². The maximum absolute atomic E-state index is 5.94. The second kappa shape index (κ2) is 3.31. The Labute approximate surface area is 86.6 Å². The van der Waals surface area contributed by atoms with Crippen LogP contribution in [0.2, 0.25) is 0 Å². The van der Waals surface area contributed by atoms with E-state index in [2.05, 4.69) is 28.2 Å². The van der Waals surface area contributed by atoms with E-state index in [1.807, 2.05) is 12.1 Å². The first kappa shape index (κ1) is 9.03. The van der Waals surface area contributed by atoms with Gasteiger partial charge in [-0.3, -0.25) is 0 Å². The van der Waals surface area contributed by atoms with Gasteiger partial charge in [-0.05, 0) is 43.1 Å². The highest BCUT2D eigenvalue weighted by Gasteiger charge is 2.19. The minimum atomic E-state index is 0.376. The average Bonchev–Trinajstić information content (AvgIpc) is 2.12. The number of rotatable bonds is 0. The number of hydrogen-bond donors (Lipinski definition) is 2. The quantitative estimate of drug-likeness (QED) is 0.683. The monoisotopic (exact) mass is 240 g/mol. The van der Waals surface area contributed by atoms with Crippen molar-refractivity contribution in [1.29, 1.82) is 0 Å². The van der Waals surface area contributed by atoms with Gasteiger partial charge in [-0.2, -0.15) is 0 Å². The van der Waals surface area contributed by atoms with Crippen molar-refractivity contribution in [2.24, 2.45) is 0 Å². The molecule has 0 spiro atoms. The number of nitrogens with one attached hydrogen (secondary N) is 1. The van der Waals surface area contributed by atoms with Crippen LogP contribution < -0.4 is 11.1 Å². The molecule has 1 aliphatic heterocycles. The number of anilines is 1. The zero-order valence-corrected chi connectivity index (χ0v) is 9.19. The molecule has 0 saturated carbocycles. The molecule has 0 aliphatic carbocycles. The Kier molecular flexibility index (Phi) is 2.30. The molecule has 3 N–H and O–H groups in total. The van der Waals surface area contributed by atoms with Crippen LogP contribution in [-0.2, 0) is 6.42 Å². The largest absolute Gasteiger partial charge is 0.398 e. The van der Waals surface area contributed by atoms with Gasteiger partial charge in [0.15, 0.2) is 0 Å². The highest BCUT2D eigenvalue weighted by molar-refractivity contribution is 9.10. The van der Waals surface area contributed by atoms with Crippen molar-refractivity contribution in [2.75, 3.05) is 12.3 Å². The predicted octanol–water partition coefficient (Wildman–Crippen LogP) is 2.24. The van der Waals surface area contributed by atoms with Gasteiger partial charge in [-0.25, -0.2) is 0 Å². The van der Waals surface area contributed by atoms with Crippen molar-refractivity contribution in [3.05, 3.63) is 27.7 Å². The zero-order valence-electron chi connectivity index (χ0n) is 7.60. The summed E-state index contributed by atoms with van der Waals surface area (Å²) >= 11 is 3.56. The lowest BCUT2D eigenvalue weighted by Gasteiger charge is -2.26. The van der Waals surface area contributed by atoms with Gasteiger partial charge in [0.2, 0.25) is 0 Å². The highest BCUT2D eigenvalue weighted by Crippen LogP contribution is 2.33. The Hall–Kier alpha value is -0.540. The van der Waals surface area contributed by atoms with Gasteiger partial charge in [-0.1, -0.05) is 15.9 Å². The van der Waals surface area contributed by atoms with E-state index in [4.69, 9.17) is 5.73 Å². The number of hydrogen-bond acceptors (Lipinski definition) is 2. The molecule has 0 aromatic heterocycles. The first-order chi connectivity index (χ1) is 6.20. The molecular weight excluding hydrogens is 228 g/mol. The molecule has 1 aromatic rings. The van der Waals surface area contributed by atoms with Crippen molar-refractivity contribution in [2.45, 2.75) is 19.4 Å². The SMILES string of the molecule is CC1NCCc2c(Br)ccc(N)c21. The van der Waals surface area contributed by atoms with Crippen LogP contribution >= 0.6 is 15.9 Å². The Bertz CT molecular complexity index is 336. The maximum Gasteiger partial charge on any atom is 0.0366 e. The minimum absolute atomic E-state index is 0.376. The maximum atomic E-state index is 5.94. The molecule has 1 heterocycles. The van der Waals surface area contributed by atoms with E-state index in [0.717, 1.165) is 18.7 Å². The van der Waals surface area contributed by atoms with Gasteiger partial charge < -0.3 is 11.1 Å². The van der Waals surface area contributed by atoms with E-state index in [9.17, 15) is 0 Å². The van der Waals surface area contributed by atoms with Crippen LogP contribution in [0, 0.1) is 0 Å². The number of nitrogens with two attached hydrogens (primary N) is 1. The Morgan fingerprint density at radius 3 is 3.00 bits per heavy atom. The van der Waals surface area contributed by atoms with Gasteiger partial charge in [-0.15, -0.1) is 0 Å². The molecule has 0 saturated heterocycles. The van der Waals surface area contributed by atoms with Crippen LogP contribution in [0.5, 0.6) is 0 Å². The van der Waals surface area contributed by atoms with Crippen LogP contribution in [0.25, 0.3) is 0 Å². The van der Waals surface area contributed by atoms with Crippen molar-refractivity contribution < 1.29 is 0 Å². The standard InChI is InChI=1S/C10H13BrN2/c1-6-10-7(4-5-13-6)8(11)2-3-9(10)12/h2-3,6,13H,4-5,12H2,1H3. The van der Waals surface area contributed by atoms with Crippen LogP contribution in [0.4, 0.5) is 5.69 Å². The van der Waals surface area contributed by atoms with E-state index >= 15 is 0 Å². The lowest BCUT2D eigenvalue weighted by Crippen LogP contribution is -2.28. The molecule has 13 heavy (non-hydrogen) atoms. The molecule has 0 radical (unpaired) electrons. The van der Waals surface area contributed by atoms with Crippen LogP contribution in [0.3, 0.4) is 0 Å². The smallest absolute Gasteiger partial charge is 0.0366 e. The average molecular weight is 241 g/mol. The van der Waals surface area contributed by atoms with Gasteiger partial charge in [0.25, 0.3) is 0 Å². The minimum Gasteiger partial charge on any atom is -0.398 e. The van der Waals surface area contributed by atoms with Gasteiger partial charge >= 0.3 is 0 Å². The summed E-state index contributed by atoms with van der Waals surface area (Å²) in [4.78, 5) is 0. The number of fused-ring (bicyclic) bond motifs is 1. The summed E-state index contributed by atoms with van der Waals surface area (Å²) in [5.74, 6) is 0. The molecule has 2 rings (SSSR count). The van der Waals surface area contributed by atoms with Crippen molar-refractivity contribution in [3.63, 3.8) is 0 Å². The van der Waals surface area contributed by atoms with Crippen LogP contribution in [0.15, 0.2) is 16.6 Å². The van der Waals surface area contributed by atoms with E-state index in [0.29, 0.717) is 6.04 Å². The second-order valence-corrected chi connectivity index (χ2v) is 4.31. The Morgan fingerprint density at radius 2 is 2.31 bits per heavy atom. The summed E-state index contributed by atoms with van der Waals surface area (Å²) in [6.07, 6.45) is 1.06. The third kappa shape index (κ3) is 1.46. The molecule has 1 atom stereocenters. The Balaban J connectivity index is 2.60. The summed E-state index contributed by atoms with van der Waals surface area (Å²) in [6.45, 7) is 3.19. The van der Waals surface area contributed by atoms with Crippen molar-refractivity contribution in [3.8, 4) is 0 Å². The molecule has 3 heteroatoms. The molecule has 1 aromatic carbocycles. The summed E-state index contributed by atoms with van der Waals surface area (Å²) in [7, 11) is 0.